The predicted octanol–water partition coefficient (Wildman–Crippen LogP) is 3.95. The van der Waals surface area contributed by atoms with Crippen LogP contribution in [0.1, 0.15) is 17.5 Å². The zero-order chi connectivity index (χ0) is 14.7. The minimum absolute atomic E-state index is 0.787. The van der Waals surface area contributed by atoms with Crippen molar-refractivity contribution in [1.82, 2.24) is 14.8 Å². The highest BCUT2D eigenvalue weighted by Crippen LogP contribution is 2.23. The van der Waals surface area contributed by atoms with E-state index in [1.165, 1.54) is 5.56 Å². The standard InChI is InChI=1S/C16H18N4S/c1-3-20-10-13(9-18-20)8-17-15-6-4-14(5-7-15)16-11-21-12(2)19-16/h4-7,9-11,17H,3,8H2,1-2H3. The number of aryl methyl sites for hydroxylation is 2. The van der Waals surface area contributed by atoms with Crippen molar-refractivity contribution in [2.24, 2.45) is 0 Å². The van der Waals surface area contributed by atoms with Crippen LogP contribution in [0.25, 0.3) is 11.3 Å². The van der Waals surface area contributed by atoms with Gasteiger partial charge in [-0.1, -0.05) is 12.1 Å². The maximum atomic E-state index is 4.50. The van der Waals surface area contributed by atoms with E-state index in [1.807, 2.05) is 17.8 Å². The van der Waals surface area contributed by atoms with Crippen LogP contribution >= 0.6 is 11.3 Å². The number of hydrogen-bond acceptors (Lipinski definition) is 4. The largest absolute Gasteiger partial charge is 0.381 e. The van der Waals surface area contributed by atoms with Gasteiger partial charge in [0.1, 0.15) is 0 Å². The summed E-state index contributed by atoms with van der Waals surface area (Å²) in [6.07, 6.45) is 3.97. The van der Waals surface area contributed by atoms with Crippen LogP contribution in [-0.4, -0.2) is 14.8 Å². The van der Waals surface area contributed by atoms with Crippen LogP contribution in [0.3, 0.4) is 0 Å². The van der Waals surface area contributed by atoms with Crippen LogP contribution in [0.5, 0.6) is 0 Å². The normalized spacial score (nSPS) is 10.8. The van der Waals surface area contributed by atoms with Gasteiger partial charge >= 0.3 is 0 Å². The Morgan fingerprint density at radius 2 is 2.05 bits per heavy atom. The average molecular weight is 298 g/mol. The second kappa shape index (κ2) is 6.10. The summed E-state index contributed by atoms with van der Waals surface area (Å²) in [4.78, 5) is 4.50. The SMILES string of the molecule is CCn1cc(CNc2ccc(-c3csc(C)n3)cc2)cn1. The quantitative estimate of drug-likeness (QED) is 0.775. The lowest BCUT2D eigenvalue weighted by atomic mass is 10.1. The van der Waals surface area contributed by atoms with Crippen LogP contribution in [-0.2, 0) is 13.1 Å². The molecule has 21 heavy (non-hydrogen) atoms. The first kappa shape index (κ1) is 13.8. The van der Waals surface area contributed by atoms with Crippen molar-refractivity contribution in [3.63, 3.8) is 0 Å². The molecule has 0 saturated carbocycles. The van der Waals surface area contributed by atoms with Gasteiger partial charge in [-0.25, -0.2) is 4.98 Å². The number of benzene rings is 1. The molecule has 0 fully saturated rings. The molecule has 2 heterocycles. The number of nitrogens with one attached hydrogen (secondary N) is 1. The fourth-order valence-corrected chi connectivity index (χ4v) is 2.75. The van der Waals surface area contributed by atoms with Crippen molar-refractivity contribution in [2.45, 2.75) is 26.9 Å². The molecule has 3 rings (SSSR count). The molecule has 3 aromatic rings. The predicted molar refractivity (Wildman–Crippen MR) is 87.5 cm³/mol. The lowest BCUT2D eigenvalue weighted by Crippen LogP contribution is -1.98. The minimum Gasteiger partial charge on any atom is -0.381 e. The minimum atomic E-state index is 0.787. The van der Waals surface area contributed by atoms with Gasteiger partial charge in [0, 0.05) is 41.5 Å². The Morgan fingerprint density at radius 3 is 2.67 bits per heavy atom. The third-order valence-electron chi connectivity index (χ3n) is 3.31. The fraction of sp³-hybridized carbons (Fsp3) is 0.250. The van der Waals surface area contributed by atoms with E-state index in [1.54, 1.807) is 11.3 Å². The highest BCUT2D eigenvalue weighted by Gasteiger charge is 2.02. The number of thiazole rings is 1. The Balaban J connectivity index is 1.64. The van der Waals surface area contributed by atoms with Gasteiger partial charge < -0.3 is 5.32 Å². The molecule has 1 N–H and O–H groups in total. The summed E-state index contributed by atoms with van der Waals surface area (Å²) in [5.41, 5.74) is 4.50. The number of nitrogens with zero attached hydrogens (tertiary/aromatic N) is 3. The van der Waals surface area contributed by atoms with Gasteiger partial charge in [0.05, 0.1) is 16.9 Å². The molecular weight excluding hydrogens is 280 g/mol. The van der Waals surface area contributed by atoms with Crippen LogP contribution in [0, 0.1) is 6.92 Å². The highest BCUT2D eigenvalue weighted by atomic mass is 32.1. The molecule has 5 heteroatoms. The van der Waals surface area contributed by atoms with Gasteiger partial charge in [-0.3, -0.25) is 4.68 Å². The van der Waals surface area contributed by atoms with Crippen molar-refractivity contribution < 1.29 is 0 Å². The number of aromatic nitrogens is 3. The Bertz CT molecular complexity index is 712. The monoisotopic (exact) mass is 298 g/mol. The highest BCUT2D eigenvalue weighted by molar-refractivity contribution is 7.09. The lowest BCUT2D eigenvalue weighted by Gasteiger charge is -2.05. The van der Waals surface area contributed by atoms with E-state index in [0.717, 1.165) is 35.0 Å². The maximum absolute atomic E-state index is 4.50. The van der Waals surface area contributed by atoms with Crippen molar-refractivity contribution >= 4 is 17.0 Å². The summed E-state index contributed by atoms with van der Waals surface area (Å²) >= 11 is 1.68. The molecule has 2 aromatic heterocycles. The molecule has 0 aliphatic rings. The van der Waals surface area contributed by atoms with Gasteiger partial charge in [-0.2, -0.15) is 5.10 Å². The Labute approximate surface area is 128 Å². The molecule has 1 aromatic carbocycles. The Morgan fingerprint density at radius 1 is 1.24 bits per heavy atom. The van der Waals surface area contributed by atoms with Gasteiger partial charge in [-0.05, 0) is 26.0 Å². The van der Waals surface area contributed by atoms with Crippen LogP contribution in [0.2, 0.25) is 0 Å². The van der Waals surface area contributed by atoms with E-state index in [-0.39, 0.29) is 0 Å². The van der Waals surface area contributed by atoms with Crippen molar-refractivity contribution in [3.05, 3.63) is 52.6 Å². The first-order valence-corrected chi connectivity index (χ1v) is 7.90. The molecule has 0 atom stereocenters. The molecule has 0 aliphatic carbocycles. The summed E-state index contributed by atoms with van der Waals surface area (Å²) in [5, 5.41) is 10.9. The Hall–Kier alpha value is -2.14. The van der Waals surface area contributed by atoms with E-state index in [9.17, 15) is 0 Å². The molecule has 0 bridgehead atoms. The van der Waals surface area contributed by atoms with E-state index in [0.29, 0.717) is 0 Å². The molecular formula is C16H18N4S. The van der Waals surface area contributed by atoms with Crippen molar-refractivity contribution in [3.8, 4) is 11.3 Å². The molecule has 0 unspecified atom stereocenters. The van der Waals surface area contributed by atoms with Crippen molar-refractivity contribution in [2.75, 3.05) is 5.32 Å². The van der Waals surface area contributed by atoms with E-state index >= 15 is 0 Å². The molecule has 0 saturated heterocycles. The molecule has 0 aliphatic heterocycles. The third kappa shape index (κ3) is 3.31. The summed E-state index contributed by atoms with van der Waals surface area (Å²) in [6.45, 7) is 5.81. The average Bonchev–Trinajstić information content (AvgIpc) is 3.14. The lowest BCUT2D eigenvalue weighted by molar-refractivity contribution is 0.659. The summed E-state index contributed by atoms with van der Waals surface area (Å²) < 4.78 is 1.94. The van der Waals surface area contributed by atoms with Gasteiger partial charge in [0.25, 0.3) is 0 Å². The zero-order valence-electron chi connectivity index (χ0n) is 12.2. The smallest absolute Gasteiger partial charge is 0.0901 e. The Kier molecular flexibility index (Phi) is 4.01. The molecule has 108 valence electrons. The van der Waals surface area contributed by atoms with Crippen LogP contribution < -0.4 is 5.32 Å². The van der Waals surface area contributed by atoms with E-state index in [2.05, 4.69) is 58.2 Å². The summed E-state index contributed by atoms with van der Waals surface area (Å²) in [5.74, 6) is 0. The zero-order valence-corrected chi connectivity index (χ0v) is 13.0. The van der Waals surface area contributed by atoms with Gasteiger partial charge in [0.15, 0.2) is 0 Å². The second-order valence-corrected chi connectivity index (χ2v) is 5.95. The van der Waals surface area contributed by atoms with Crippen LogP contribution in [0.15, 0.2) is 42.0 Å². The van der Waals surface area contributed by atoms with Gasteiger partial charge in [0.2, 0.25) is 0 Å². The van der Waals surface area contributed by atoms with Crippen LogP contribution in [0.4, 0.5) is 5.69 Å². The van der Waals surface area contributed by atoms with E-state index in [4.69, 9.17) is 0 Å². The third-order valence-corrected chi connectivity index (χ3v) is 4.08. The fourth-order valence-electron chi connectivity index (χ4n) is 2.13. The maximum Gasteiger partial charge on any atom is 0.0901 e. The second-order valence-electron chi connectivity index (χ2n) is 4.89. The number of anilines is 1. The molecule has 0 radical (unpaired) electrons. The molecule has 4 nitrogen and oxygen atoms in total. The summed E-state index contributed by atoms with van der Waals surface area (Å²) in [7, 11) is 0. The first-order chi connectivity index (χ1) is 10.2. The topological polar surface area (TPSA) is 42.7 Å². The molecule has 0 spiro atoms. The van der Waals surface area contributed by atoms with E-state index < -0.39 is 0 Å². The van der Waals surface area contributed by atoms with Gasteiger partial charge in [-0.15, -0.1) is 11.3 Å². The summed E-state index contributed by atoms with van der Waals surface area (Å²) in [6, 6.07) is 8.39. The number of rotatable bonds is 5. The first-order valence-electron chi connectivity index (χ1n) is 7.02. The number of hydrogen-bond donors (Lipinski definition) is 1. The molecule has 0 amide bonds. The van der Waals surface area contributed by atoms with Crippen molar-refractivity contribution in [1.29, 1.82) is 0 Å².